The van der Waals surface area contributed by atoms with Crippen LogP contribution in [0.15, 0.2) is 78.9 Å². The fourth-order valence-corrected chi connectivity index (χ4v) is 2.93. The Morgan fingerprint density at radius 3 is 1.88 bits per heavy atom. The smallest absolute Gasteiger partial charge is 0.265 e. The van der Waals surface area contributed by atoms with Crippen LogP contribution >= 0.6 is 23.2 Å². The number of halogens is 2. The minimum atomic E-state index is -1.87. The molecule has 5 heteroatoms. The Kier molecular flexibility index (Phi) is 5.09. The number of rotatable bonds is 4. The quantitative estimate of drug-likeness (QED) is 0.687. The summed E-state index contributed by atoms with van der Waals surface area (Å²) in [6.07, 6.45) is 0. The third kappa shape index (κ3) is 3.54. The largest absolute Gasteiger partial charge is 0.372 e. The van der Waals surface area contributed by atoms with Crippen LogP contribution < -0.4 is 5.32 Å². The highest BCUT2D eigenvalue weighted by Gasteiger charge is 2.40. The van der Waals surface area contributed by atoms with E-state index in [2.05, 4.69) is 5.32 Å². The van der Waals surface area contributed by atoms with Crippen molar-refractivity contribution >= 4 is 34.8 Å². The molecule has 0 spiro atoms. The van der Waals surface area contributed by atoms with E-state index in [4.69, 9.17) is 23.2 Å². The van der Waals surface area contributed by atoms with E-state index in [1.54, 1.807) is 60.7 Å². The van der Waals surface area contributed by atoms with Crippen LogP contribution in [0.3, 0.4) is 0 Å². The minimum Gasteiger partial charge on any atom is -0.372 e. The monoisotopic (exact) mass is 371 g/mol. The third-order valence-corrected chi connectivity index (χ3v) is 4.45. The molecule has 0 saturated heterocycles. The fourth-order valence-electron chi connectivity index (χ4n) is 2.59. The first-order valence-corrected chi connectivity index (χ1v) is 8.37. The van der Waals surface area contributed by atoms with Crippen molar-refractivity contribution in [3.8, 4) is 0 Å². The van der Waals surface area contributed by atoms with E-state index in [9.17, 15) is 9.90 Å². The Morgan fingerprint density at radius 1 is 0.840 bits per heavy atom. The van der Waals surface area contributed by atoms with Gasteiger partial charge in [-0.05, 0) is 29.3 Å². The molecular weight excluding hydrogens is 357 g/mol. The van der Waals surface area contributed by atoms with Crippen LogP contribution in [0.1, 0.15) is 11.1 Å². The molecule has 0 unspecified atom stereocenters. The molecular formula is C20H15Cl2NO2. The second-order valence-corrected chi connectivity index (χ2v) is 6.36. The number of hydrogen-bond acceptors (Lipinski definition) is 2. The van der Waals surface area contributed by atoms with Gasteiger partial charge in [0.15, 0.2) is 5.60 Å². The summed E-state index contributed by atoms with van der Waals surface area (Å²) >= 11 is 12.1. The highest BCUT2D eigenvalue weighted by Crippen LogP contribution is 2.33. The fraction of sp³-hybridized carbons (Fsp3) is 0.0500. The van der Waals surface area contributed by atoms with Crippen LogP contribution in [0.25, 0.3) is 0 Å². The molecule has 0 aromatic heterocycles. The van der Waals surface area contributed by atoms with Gasteiger partial charge in [0.2, 0.25) is 0 Å². The molecule has 0 bridgehead atoms. The molecule has 0 aliphatic carbocycles. The maximum absolute atomic E-state index is 13.0. The van der Waals surface area contributed by atoms with Crippen LogP contribution in [0.2, 0.25) is 10.0 Å². The van der Waals surface area contributed by atoms with E-state index in [1.807, 2.05) is 12.1 Å². The van der Waals surface area contributed by atoms with E-state index in [0.717, 1.165) is 0 Å². The molecule has 0 fully saturated rings. The van der Waals surface area contributed by atoms with Crippen molar-refractivity contribution in [3.05, 3.63) is 100 Å². The summed E-state index contributed by atoms with van der Waals surface area (Å²) in [6.45, 7) is 0. The van der Waals surface area contributed by atoms with Crippen molar-refractivity contribution in [2.75, 3.05) is 5.32 Å². The second-order valence-electron chi connectivity index (χ2n) is 5.52. The summed E-state index contributed by atoms with van der Waals surface area (Å²) in [7, 11) is 0. The van der Waals surface area contributed by atoms with E-state index in [-0.39, 0.29) is 0 Å². The van der Waals surface area contributed by atoms with E-state index < -0.39 is 11.5 Å². The van der Waals surface area contributed by atoms with E-state index in [1.165, 1.54) is 6.07 Å². The maximum atomic E-state index is 13.0. The van der Waals surface area contributed by atoms with Crippen LogP contribution in [0.5, 0.6) is 0 Å². The SMILES string of the molecule is O=C(Nc1cc(Cl)ccc1Cl)C(O)(c1ccccc1)c1ccccc1. The maximum Gasteiger partial charge on any atom is 0.265 e. The highest BCUT2D eigenvalue weighted by molar-refractivity contribution is 6.35. The number of anilines is 1. The number of hydrogen-bond donors (Lipinski definition) is 2. The molecule has 0 aliphatic heterocycles. The lowest BCUT2D eigenvalue weighted by atomic mass is 9.85. The molecule has 0 saturated carbocycles. The van der Waals surface area contributed by atoms with E-state index >= 15 is 0 Å². The molecule has 0 radical (unpaired) electrons. The zero-order valence-corrected chi connectivity index (χ0v) is 14.6. The topological polar surface area (TPSA) is 49.3 Å². The van der Waals surface area contributed by atoms with Gasteiger partial charge < -0.3 is 10.4 Å². The first-order chi connectivity index (χ1) is 12.0. The third-order valence-electron chi connectivity index (χ3n) is 3.89. The first kappa shape index (κ1) is 17.5. The molecule has 0 aliphatic rings. The molecule has 126 valence electrons. The summed E-state index contributed by atoms with van der Waals surface area (Å²) in [5.74, 6) is -0.617. The van der Waals surface area contributed by atoms with Gasteiger partial charge in [-0.2, -0.15) is 0 Å². The number of carbonyl (C=O) groups is 1. The van der Waals surface area contributed by atoms with Crippen LogP contribution in [0, 0.1) is 0 Å². The van der Waals surface area contributed by atoms with Crippen molar-refractivity contribution in [1.82, 2.24) is 0 Å². The number of benzene rings is 3. The molecule has 3 aromatic rings. The number of carbonyl (C=O) groups excluding carboxylic acids is 1. The molecule has 1 amide bonds. The van der Waals surface area contributed by atoms with Gasteiger partial charge in [0, 0.05) is 5.02 Å². The van der Waals surface area contributed by atoms with Crippen LogP contribution in [-0.4, -0.2) is 11.0 Å². The first-order valence-electron chi connectivity index (χ1n) is 7.62. The number of amides is 1. The molecule has 25 heavy (non-hydrogen) atoms. The summed E-state index contributed by atoms with van der Waals surface area (Å²) in [5, 5.41) is 14.8. The summed E-state index contributed by atoms with van der Waals surface area (Å²) in [4.78, 5) is 13.0. The van der Waals surface area contributed by atoms with E-state index in [0.29, 0.717) is 26.9 Å². The van der Waals surface area contributed by atoms with Gasteiger partial charge in [0.05, 0.1) is 10.7 Å². The van der Waals surface area contributed by atoms with Crippen molar-refractivity contribution in [2.24, 2.45) is 0 Å². The Balaban J connectivity index is 2.06. The number of aliphatic hydroxyl groups is 1. The van der Waals surface area contributed by atoms with Gasteiger partial charge in [0.25, 0.3) is 5.91 Å². The summed E-state index contributed by atoms with van der Waals surface area (Å²) in [6, 6.07) is 22.3. The Hall–Kier alpha value is -2.33. The van der Waals surface area contributed by atoms with Gasteiger partial charge in [-0.3, -0.25) is 4.79 Å². The van der Waals surface area contributed by atoms with Gasteiger partial charge in [-0.25, -0.2) is 0 Å². The van der Waals surface area contributed by atoms with Gasteiger partial charge in [0.1, 0.15) is 0 Å². The molecule has 3 nitrogen and oxygen atoms in total. The Morgan fingerprint density at radius 2 is 1.36 bits per heavy atom. The average Bonchev–Trinajstić information content (AvgIpc) is 2.65. The number of nitrogens with one attached hydrogen (secondary N) is 1. The van der Waals surface area contributed by atoms with Crippen molar-refractivity contribution in [1.29, 1.82) is 0 Å². The molecule has 3 aromatic carbocycles. The van der Waals surface area contributed by atoms with Crippen molar-refractivity contribution < 1.29 is 9.90 Å². The average molecular weight is 372 g/mol. The highest BCUT2D eigenvalue weighted by atomic mass is 35.5. The van der Waals surface area contributed by atoms with Gasteiger partial charge in [-0.15, -0.1) is 0 Å². The molecule has 3 rings (SSSR count). The summed E-state index contributed by atoms with van der Waals surface area (Å²) in [5.41, 5.74) is -0.619. The normalized spacial score (nSPS) is 11.2. The van der Waals surface area contributed by atoms with Gasteiger partial charge >= 0.3 is 0 Å². The predicted molar refractivity (Wildman–Crippen MR) is 101 cm³/mol. The zero-order chi connectivity index (χ0) is 17.9. The Labute approximate surface area is 155 Å². The minimum absolute atomic E-state index is 0.334. The predicted octanol–water partition coefficient (Wildman–Crippen LogP) is 4.87. The lowest BCUT2D eigenvalue weighted by Crippen LogP contribution is -2.41. The molecule has 0 atom stereocenters. The van der Waals surface area contributed by atoms with Crippen molar-refractivity contribution in [3.63, 3.8) is 0 Å². The van der Waals surface area contributed by atoms with Crippen LogP contribution in [-0.2, 0) is 10.4 Å². The second kappa shape index (κ2) is 7.28. The lowest BCUT2D eigenvalue weighted by Gasteiger charge is -2.28. The van der Waals surface area contributed by atoms with Crippen molar-refractivity contribution in [2.45, 2.75) is 5.60 Å². The zero-order valence-electron chi connectivity index (χ0n) is 13.1. The molecule has 2 N–H and O–H groups in total. The standard InChI is InChI=1S/C20H15Cl2NO2/c21-16-11-12-17(22)18(13-16)23-19(24)20(25,14-7-3-1-4-8-14)15-9-5-2-6-10-15/h1-13,25H,(H,23,24). The Bertz CT molecular complexity index is 843. The molecule has 0 heterocycles. The lowest BCUT2D eigenvalue weighted by molar-refractivity contribution is -0.131. The van der Waals surface area contributed by atoms with Gasteiger partial charge in [-0.1, -0.05) is 83.9 Å². The summed E-state index contributed by atoms with van der Waals surface area (Å²) < 4.78 is 0. The van der Waals surface area contributed by atoms with Crippen LogP contribution in [0.4, 0.5) is 5.69 Å².